The third kappa shape index (κ3) is 3.73. The lowest BCUT2D eigenvalue weighted by Crippen LogP contribution is -2.28. The van der Waals surface area contributed by atoms with Crippen LogP contribution in [0.3, 0.4) is 0 Å². The molecule has 2 spiro atoms. The fourth-order valence-electron chi connectivity index (χ4n) is 9.07. The van der Waals surface area contributed by atoms with E-state index in [1.165, 1.54) is 26.4 Å². The molecular formula is C38H32F4O4. The van der Waals surface area contributed by atoms with E-state index in [0.29, 0.717) is 42.7 Å². The zero-order chi connectivity index (χ0) is 32.1. The van der Waals surface area contributed by atoms with Crippen LogP contribution in [0.15, 0.2) is 48.5 Å². The van der Waals surface area contributed by atoms with E-state index in [9.17, 15) is 0 Å². The van der Waals surface area contributed by atoms with Crippen LogP contribution in [0.25, 0.3) is 11.1 Å². The van der Waals surface area contributed by atoms with Crippen LogP contribution in [0.2, 0.25) is 0 Å². The predicted octanol–water partition coefficient (Wildman–Crippen LogP) is 7.87. The minimum atomic E-state index is -0.808. The lowest BCUT2D eigenvalue weighted by Gasteiger charge is -2.34. The highest BCUT2D eigenvalue weighted by Gasteiger charge is 2.56. The van der Waals surface area contributed by atoms with Crippen LogP contribution in [-0.2, 0) is 38.5 Å². The monoisotopic (exact) mass is 628 g/mol. The minimum absolute atomic E-state index is 0.176. The molecule has 8 heteroatoms. The number of fused-ring (bicyclic) bond motifs is 4. The summed E-state index contributed by atoms with van der Waals surface area (Å²) in [6, 6.07) is 14.2. The van der Waals surface area contributed by atoms with E-state index in [1.807, 2.05) is 36.4 Å². The molecule has 0 aromatic heterocycles. The van der Waals surface area contributed by atoms with Crippen molar-refractivity contribution in [1.29, 1.82) is 0 Å². The summed E-state index contributed by atoms with van der Waals surface area (Å²) in [6.07, 6.45) is 2.18. The van der Waals surface area contributed by atoms with Gasteiger partial charge in [-0.15, -0.1) is 0 Å². The number of ether oxygens (including phenoxy) is 4. The van der Waals surface area contributed by atoms with E-state index in [2.05, 4.69) is 0 Å². The number of methoxy groups -OCH3 is 4. The molecule has 0 unspecified atom stereocenters. The van der Waals surface area contributed by atoms with E-state index >= 15 is 17.6 Å². The predicted molar refractivity (Wildman–Crippen MR) is 166 cm³/mol. The molecule has 0 aliphatic heterocycles. The average molecular weight is 629 g/mol. The summed E-state index contributed by atoms with van der Waals surface area (Å²) < 4.78 is 86.0. The highest BCUT2D eigenvalue weighted by molar-refractivity contribution is 6.02. The van der Waals surface area contributed by atoms with Crippen LogP contribution < -0.4 is 18.9 Å². The van der Waals surface area contributed by atoms with Crippen LogP contribution in [0.1, 0.15) is 44.5 Å². The number of benzene rings is 4. The summed E-state index contributed by atoms with van der Waals surface area (Å²) in [5, 5.41) is 0. The number of allylic oxidation sites excluding steroid dienone is 2. The second-order valence-corrected chi connectivity index (χ2v) is 13.0. The second-order valence-electron chi connectivity index (χ2n) is 13.0. The first-order valence-corrected chi connectivity index (χ1v) is 15.3. The van der Waals surface area contributed by atoms with Gasteiger partial charge < -0.3 is 18.9 Å². The Balaban J connectivity index is 1.42. The molecule has 0 amide bonds. The Morgan fingerprint density at radius 1 is 0.522 bits per heavy atom. The molecule has 236 valence electrons. The zero-order valence-corrected chi connectivity index (χ0v) is 26.0. The SMILES string of the molecule is COc1cc2c(cc1OC)CC1(C2)Cc2c(F)ccc(F)c2/C1=C1/c2ccccc2CC12Cc1c(F)c(OC)c(OC)c(F)c1C2. The molecule has 0 fully saturated rings. The zero-order valence-electron chi connectivity index (χ0n) is 26.0. The molecule has 46 heavy (non-hydrogen) atoms. The minimum Gasteiger partial charge on any atom is -0.493 e. The number of hydrogen-bond acceptors (Lipinski definition) is 4. The summed E-state index contributed by atoms with van der Waals surface area (Å²) >= 11 is 0. The van der Waals surface area contributed by atoms with Gasteiger partial charge in [-0.2, -0.15) is 0 Å². The van der Waals surface area contributed by atoms with Crippen molar-refractivity contribution < 1.29 is 36.5 Å². The molecule has 0 N–H and O–H groups in total. The molecule has 4 aromatic rings. The Labute approximate surface area is 264 Å². The van der Waals surface area contributed by atoms with Gasteiger partial charge in [0.1, 0.15) is 11.6 Å². The van der Waals surface area contributed by atoms with Crippen LogP contribution in [0.4, 0.5) is 17.6 Å². The van der Waals surface area contributed by atoms with E-state index in [4.69, 9.17) is 18.9 Å². The quantitative estimate of drug-likeness (QED) is 0.216. The van der Waals surface area contributed by atoms with E-state index in [1.54, 1.807) is 14.2 Å². The summed E-state index contributed by atoms with van der Waals surface area (Å²) in [6.45, 7) is 0. The summed E-state index contributed by atoms with van der Waals surface area (Å²) in [5.74, 6) is -1.64. The van der Waals surface area contributed by atoms with E-state index in [-0.39, 0.29) is 41.0 Å². The molecule has 4 nitrogen and oxygen atoms in total. The van der Waals surface area contributed by atoms with Gasteiger partial charge in [-0.25, -0.2) is 17.6 Å². The fraction of sp³-hybridized carbons (Fsp3) is 0.316. The third-order valence-corrected chi connectivity index (χ3v) is 10.8. The van der Waals surface area contributed by atoms with Crippen molar-refractivity contribution in [1.82, 2.24) is 0 Å². The maximum absolute atomic E-state index is 16.2. The van der Waals surface area contributed by atoms with Crippen LogP contribution in [0.5, 0.6) is 23.0 Å². The highest BCUT2D eigenvalue weighted by Crippen LogP contribution is 2.65. The topological polar surface area (TPSA) is 36.9 Å². The van der Waals surface area contributed by atoms with Gasteiger partial charge in [0.25, 0.3) is 0 Å². The van der Waals surface area contributed by atoms with Gasteiger partial charge >= 0.3 is 0 Å². The van der Waals surface area contributed by atoms with Gasteiger partial charge in [0.2, 0.25) is 0 Å². The molecule has 8 rings (SSSR count). The third-order valence-electron chi connectivity index (χ3n) is 10.8. The first-order chi connectivity index (χ1) is 22.2. The van der Waals surface area contributed by atoms with Crippen molar-refractivity contribution in [3.8, 4) is 23.0 Å². The Morgan fingerprint density at radius 2 is 1.02 bits per heavy atom. The maximum atomic E-state index is 16.2. The smallest absolute Gasteiger partial charge is 0.200 e. The van der Waals surface area contributed by atoms with Gasteiger partial charge in [-0.05, 0) is 113 Å². The van der Waals surface area contributed by atoms with Gasteiger partial charge in [-0.3, -0.25) is 0 Å². The first kappa shape index (κ1) is 29.0. The van der Waals surface area contributed by atoms with Crippen molar-refractivity contribution >= 4 is 11.1 Å². The molecule has 4 aliphatic rings. The van der Waals surface area contributed by atoms with E-state index < -0.39 is 34.1 Å². The Bertz CT molecular complexity index is 1940. The highest BCUT2D eigenvalue weighted by atomic mass is 19.1. The largest absolute Gasteiger partial charge is 0.493 e. The van der Waals surface area contributed by atoms with E-state index in [0.717, 1.165) is 33.4 Å². The summed E-state index contributed by atoms with van der Waals surface area (Å²) in [4.78, 5) is 0. The molecule has 0 bridgehead atoms. The summed E-state index contributed by atoms with van der Waals surface area (Å²) in [5.41, 5.74) is 5.09. The maximum Gasteiger partial charge on any atom is 0.200 e. The Hall–Kier alpha value is -4.46. The molecule has 4 aliphatic carbocycles. The van der Waals surface area contributed by atoms with Gasteiger partial charge in [0.05, 0.1) is 28.4 Å². The number of hydrogen-bond donors (Lipinski definition) is 0. The van der Waals surface area contributed by atoms with Crippen LogP contribution >= 0.6 is 0 Å². The lowest BCUT2D eigenvalue weighted by molar-refractivity contribution is 0.320. The van der Waals surface area contributed by atoms with Crippen molar-refractivity contribution in [2.45, 2.75) is 38.5 Å². The standard InChI is InChI=1S/C38H32F4O4/c1-43-28-11-20-14-37(15-21(20)12-29(28)44-2)18-25-26(39)9-10-27(40)30(25)32(37)31-22-8-6-5-7-19(22)13-38(31)16-23-24(17-38)34(42)36(46-4)35(45-3)33(23)41/h5-12H,13-18H2,1-4H3/b32-31+. The van der Waals surface area contributed by atoms with Crippen molar-refractivity contribution in [3.05, 3.63) is 116 Å². The van der Waals surface area contributed by atoms with Gasteiger partial charge in [0.15, 0.2) is 34.6 Å². The molecule has 0 saturated heterocycles. The fourth-order valence-corrected chi connectivity index (χ4v) is 9.07. The number of rotatable bonds is 4. The molecule has 4 aromatic carbocycles. The van der Waals surface area contributed by atoms with Crippen molar-refractivity contribution in [2.24, 2.45) is 10.8 Å². The average Bonchev–Trinajstić information content (AvgIpc) is 3.79. The molecular weight excluding hydrogens is 596 g/mol. The van der Waals surface area contributed by atoms with Gasteiger partial charge in [-0.1, -0.05) is 24.3 Å². The van der Waals surface area contributed by atoms with Crippen molar-refractivity contribution in [2.75, 3.05) is 28.4 Å². The Kier molecular flexibility index (Phi) is 6.31. The van der Waals surface area contributed by atoms with Crippen LogP contribution in [-0.4, -0.2) is 28.4 Å². The molecule has 0 saturated carbocycles. The number of halogens is 4. The normalized spacial score (nSPS) is 19.3. The second kappa shape index (κ2) is 10.0. The molecule has 0 radical (unpaired) electrons. The summed E-state index contributed by atoms with van der Waals surface area (Å²) in [7, 11) is 5.73. The first-order valence-electron chi connectivity index (χ1n) is 15.3. The molecule has 0 atom stereocenters. The van der Waals surface area contributed by atoms with Gasteiger partial charge in [0, 0.05) is 16.4 Å². The van der Waals surface area contributed by atoms with Crippen molar-refractivity contribution in [3.63, 3.8) is 0 Å². The Morgan fingerprint density at radius 3 is 1.59 bits per heavy atom. The van der Waals surface area contributed by atoms with Crippen LogP contribution in [0, 0.1) is 34.1 Å². The molecule has 0 heterocycles. The lowest BCUT2D eigenvalue weighted by atomic mass is 9.68.